The van der Waals surface area contributed by atoms with Gasteiger partial charge in [-0.1, -0.05) is 6.07 Å². The fourth-order valence-electron chi connectivity index (χ4n) is 1.56. The van der Waals surface area contributed by atoms with Crippen LogP contribution >= 0.6 is 11.3 Å². The second-order valence-corrected chi connectivity index (χ2v) is 6.26. The molecule has 0 bridgehead atoms. The quantitative estimate of drug-likeness (QED) is 0.818. The van der Waals surface area contributed by atoms with Crippen molar-refractivity contribution >= 4 is 11.3 Å². The van der Waals surface area contributed by atoms with Gasteiger partial charge in [-0.2, -0.15) is 0 Å². The number of aliphatic hydroxyl groups is 1. The van der Waals surface area contributed by atoms with Crippen molar-refractivity contribution in [3.05, 3.63) is 22.4 Å². The smallest absolute Gasteiger partial charge is 0.0741 e. The molecule has 0 amide bonds. The molecular formula is C13H24N2OS. The minimum atomic E-state index is -0.688. The van der Waals surface area contributed by atoms with E-state index in [1.807, 2.05) is 20.8 Å². The Kier molecular flexibility index (Phi) is 5.13. The van der Waals surface area contributed by atoms with E-state index in [2.05, 4.69) is 41.8 Å². The molecule has 0 spiro atoms. The van der Waals surface area contributed by atoms with E-state index >= 15 is 0 Å². The van der Waals surface area contributed by atoms with Crippen molar-refractivity contribution < 1.29 is 5.11 Å². The monoisotopic (exact) mass is 256 g/mol. The lowest BCUT2D eigenvalue weighted by Gasteiger charge is -2.30. The minimum absolute atomic E-state index is 0.0740. The molecule has 2 N–H and O–H groups in total. The predicted octanol–water partition coefficient (Wildman–Crippen LogP) is 2.10. The highest BCUT2D eigenvalue weighted by atomic mass is 32.1. The Hall–Kier alpha value is -0.420. The van der Waals surface area contributed by atoms with Crippen LogP contribution in [0.4, 0.5) is 0 Å². The van der Waals surface area contributed by atoms with Gasteiger partial charge in [0.25, 0.3) is 0 Å². The van der Waals surface area contributed by atoms with Crippen LogP contribution in [0.5, 0.6) is 0 Å². The van der Waals surface area contributed by atoms with Gasteiger partial charge in [-0.05, 0) is 46.3 Å². The van der Waals surface area contributed by atoms with Gasteiger partial charge in [0, 0.05) is 17.5 Å². The molecule has 2 atom stereocenters. The summed E-state index contributed by atoms with van der Waals surface area (Å²) in [6.07, 6.45) is 0. The fraction of sp³-hybridized carbons (Fsp3) is 0.692. The van der Waals surface area contributed by atoms with Crippen LogP contribution in [-0.2, 0) is 0 Å². The lowest BCUT2D eigenvalue weighted by molar-refractivity contribution is 0.0420. The SMILES string of the molecule is CC(NCC(c1cccs1)N(C)C)C(C)(C)O. The van der Waals surface area contributed by atoms with E-state index in [0.717, 1.165) is 6.54 Å². The maximum absolute atomic E-state index is 9.89. The van der Waals surface area contributed by atoms with Crippen LogP contribution < -0.4 is 5.32 Å². The summed E-state index contributed by atoms with van der Waals surface area (Å²) in [5.41, 5.74) is -0.688. The first-order valence-electron chi connectivity index (χ1n) is 5.98. The van der Waals surface area contributed by atoms with Crippen LogP contribution in [0, 0.1) is 0 Å². The Morgan fingerprint density at radius 3 is 2.53 bits per heavy atom. The van der Waals surface area contributed by atoms with Crippen LogP contribution in [0.15, 0.2) is 17.5 Å². The lowest BCUT2D eigenvalue weighted by Crippen LogP contribution is -2.47. The third-order valence-electron chi connectivity index (χ3n) is 3.17. The number of nitrogens with zero attached hydrogens (tertiary/aromatic N) is 1. The molecule has 0 aliphatic rings. The molecule has 0 saturated heterocycles. The van der Waals surface area contributed by atoms with Crippen LogP contribution in [0.3, 0.4) is 0 Å². The second-order valence-electron chi connectivity index (χ2n) is 5.28. The van der Waals surface area contributed by atoms with E-state index in [0.29, 0.717) is 6.04 Å². The molecule has 2 unspecified atom stereocenters. The van der Waals surface area contributed by atoms with Crippen LogP contribution in [0.1, 0.15) is 31.7 Å². The van der Waals surface area contributed by atoms with Crippen molar-refractivity contribution in [2.45, 2.75) is 38.5 Å². The number of hydrogen-bond donors (Lipinski definition) is 2. The highest BCUT2D eigenvalue weighted by molar-refractivity contribution is 7.10. The van der Waals surface area contributed by atoms with Gasteiger partial charge in [-0.25, -0.2) is 0 Å². The summed E-state index contributed by atoms with van der Waals surface area (Å²) in [5.74, 6) is 0. The standard InChI is InChI=1S/C13H24N2OS/c1-10(13(2,3)16)14-9-11(15(4)5)12-7-6-8-17-12/h6-8,10-11,14,16H,9H2,1-5H3. The Labute approximate surface area is 108 Å². The van der Waals surface area contributed by atoms with E-state index in [-0.39, 0.29) is 6.04 Å². The van der Waals surface area contributed by atoms with Gasteiger partial charge in [0.05, 0.1) is 11.6 Å². The molecule has 0 aromatic carbocycles. The van der Waals surface area contributed by atoms with Crippen molar-refractivity contribution in [3.63, 3.8) is 0 Å². The first kappa shape index (κ1) is 14.6. The normalized spacial score (nSPS) is 16.2. The van der Waals surface area contributed by atoms with Gasteiger partial charge in [0.1, 0.15) is 0 Å². The third-order valence-corrected chi connectivity index (χ3v) is 4.15. The van der Waals surface area contributed by atoms with Crippen molar-refractivity contribution in [3.8, 4) is 0 Å². The maximum Gasteiger partial charge on any atom is 0.0741 e. The summed E-state index contributed by atoms with van der Waals surface area (Å²) in [7, 11) is 4.17. The Balaban J connectivity index is 2.58. The van der Waals surface area contributed by atoms with E-state index < -0.39 is 5.60 Å². The second kappa shape index (κ2) is 5.96. The van der Waals surface area contributed by atoms with Gasteiger partial charge in [-0.15, -0.1) is 11.3 Å². The van der Waals surface area contributed by atoms with Gasteiger partial charge < -0.3 is 15.3 Å². The van der Waals surface area contributed by atoms with E-state index in [1.165, 1.54) is 4.88 Å². The van der Waals surface area contributed by atoms with Gasteiger partial charge in [0.2, 0.25) is 0 Å². The summed E-state index contributed by atoms with van der Waals surface area (Å²) in [5, 5.41) is 15.4. The van der Waals surface area contributed by atoms with Crippen molar-refractivity contribution in [2.75, 3.05) is 20.6 Å². The molecule has 0 saturated carbocycles. The summed E-state index contributed by atoms with van der Waals surface area (Å²) >= 11 is 1.77. The molecule has 1 aromatic heterocycles. The topological polar surface area (TPSA) is 35.5 Å². The number of nitrogens with one attached hydrogen (secondary N) is 1. The first-order valence-corrected chi connectivity index (χ1v) is 6.86. The van der Waals surface area contributed by atoms with E-state index in [4.69, 9.17) is 0 Å². The fourth-order valence-corrected chi connectivity index (χ4v) is 2.48. The summed E-state index contributed by atoms with van der Waals surface area (Å²) in [6, 6.07) is 4.67. The predicted molar refractivity (Wildman–Crippen MR) is 74.5 cm³/mol. The number of hydrogen-bond acceptors (Lipinski definition) is 4. The summed E-state index contributed by atoms with van der Waals surface area (Å²) in [4.78, 5) is 3.56. The highest BCUT2D eigenvalue weighted by Crippen LogP contribution is 2.22. The molecule has 0 radical (unpaired) electrons. The number of thiophene rings is 1. The Bertz CT molecular complexity index is 317. The van der Waals surface area contributed by atoms with Gasteiger partial charge >= 0.3 is 0 Å². The molecule has 98 valence electrons. The largest absolute Gasteiger partial charge is 0.389 e. The molecule has 4 heteroatoms. The van der Waals surface area contributed by atoms with Crippen molar-refractivity contribution in [2.24, 2.45) is 0 Å². The van der Waals surface area contributed by atoms with Crippen LogP contribution in [0.2, 0.25) is 0 Å². The minimum Gasteiger partial charge on any atom is -0.389 e. The average molecular weight is 256 g/mol. The van der Waals surface area contributed by atoms with E-state index in [9.17, 15) is 5.11 Å². The average Bonchev–Trinajstić information content (AvgIpc) is 2.69. The number of likely N-dealkylation sites (N-methyl/N-ethyl adjacent to an activating group) is 1. The van der Waals surface area contributed by atoms with Crippen molar-refractivity contribution in [1.29, 1.82) is 0 Å². The molecule has 1 heterocycles. The zero-order valence-electron chi connectivity index (χ0n) is 11.4. The van der Waals surface area contributed by atoms with Crippen LogP contribution in [0.25, 0.3) is 0 Å². The zero-order valence-corrected chi connectivity index (χ0v) is 12.2. The molecule has 1 aromatic rings. The summed E-state index contributed by atoms with van der Waals surface area (Å²) in [6.45, 7) is 6.53. The molecule has 3 nitrogen and oxygen atoms in total. The molecule has 0 aliphatic carbocycles. The molecule has 1 rings (SSSR count). The molecular weight excluding hydrogens is 232 g/mol. The lowest BCUT2D eigenvalue weighted by atomic mass is 10.0. The third kappa shape index (κ3) is 4.39. The molecule has 17 heavy (non-hydrogen) atoms. The van der Waals surface area contributed by atoms with Gasteiger partial charge in [-0.3, -0.25) is 0 Å². The van der Waals surface area contributed by atoms with Gasteiger partial charge in [0.15, 0.2) is 0 Å². The molecule has 0 aliphatic heterocycles. The van der Waals surface area contributed by atoms with Crippen LogP contribution in [-0.4, -0.2) is 42.3 Å². The zero-order chi connectivity index (χ0) is 13.1. The molecule has 0 fully saturated rings. The number of rotatable bonds is 6. The van der Waals surface area contributed by atoms with E-state index in [1.54, 1.807) is 11.3 Å². The summed E-state index contributed by atoms with van der Waals surface area (Å²) < 4.78 is 0. The highest BCUT2D eigenvalue weighted by Gasteiger charge is 2.23. The first-order chi connectivity index (χ1) is 7.82. The van der Waals surface area contributed by atoms with Crippen molar-refractivity contribution in [1.82, 2.24) is 10.2 Å². The maximum atomic E-state index is 9.89. The Morgan fingerprint density at radius 1 is 1.47 bits per heavy atom. The Morgan fingerprint density at radius 2 is 2.12 bits per heavy atom.